The van der Waals surface area contributed by atoms with Crippen molar-refractivity contribution in [3.63, 3.8) is 0 Å². The van der Waals surface area contributed by atoms with E-state index in [1.165, 1.54) is 17.4 Å². The van der Waals surface area contributed by atoms with Gasteiger partial charge in [0.15, 0.2) is 0 Å². The normalized spacial score (nSPS) is 20.4. The van der Waals surface area contributed by atoms with Crippen molar-refractivity contribution in [2.75, 3.05) is 18.6 Å². The van der Waals surface area contributed by atoms with Gasteiger partial charge in [-0.1, -0.05) is 60.7 Å². The van der Waals surface area contributed by atoms with Gasteiger partial charge >= 0.3 is 0 Å². The van der Waals surface area contributed by atoms with Crippen LogP contribution in [0, 0.1) is 0 Å². The fourth-order valence-corrected chi connectivity index (χ4v) is 4.53. The van der Waals surface area contributed by atoms with E-state index in [4.69, 9.17) is 0 Å². The van der Waals surface area contributed by atoms with Crippen LogP contribution in [0.5, 0.6) is 0 Å². The lowest BCUT2D eigenvalue weighted by atomic mass is 9.89. The summed E-state index contributed by atoms with van der Waals surface area (Å²) in [7, 11) is -2.89. The first-order valence-electron chi connectivity index (χ1n) is 10.2. The molecule has 1 saturated carbocycles. The summed E-state index contributed by atoms with van der Waals surface area (Å²) in [6, 6.07) is 22.4. The van der Waals surface area contributed by atoms with Gasteiger partial charge in [0.25, 0.3) is 0 Å². The quantitative estimate of drug-likeness (QED) is 0.698. The summed E-state index contributed by atoms with van der Waals surface area (Å²) < 4.78 is 22.6. The Balaban J connectivity index is 1.58. The Bertz CT molecular complexity index is 760. The number of rotatable bonds is 9. The van der Waals surface area contributed by atoms with Gasteiger partial charge in [-0.2, -0.15) is 0 Å². The molecule has 0 radical (unpaired) electrons. The maximum Gasteiger partial charge on any atom is 0.148 e. The molecule has 2 aromatic carbocycles. The lowest BCUT2D eigenvalue weighted by molar-refractivity contribution is 0.129. The molecule has 0 heterocycles. The third-order valence-corrected chi connectivity index (χ3v) is 6.52. The number of sulfone groups is 1. The summed E-state index contributed by atoms with van der Waals surface area (Å²) >= 11 is 0. The highest BCUT2D eigenvalue weighted by Gasteiger charge is 2.26. The van der Waals surface area contributed by atoms with Gasteiger partial charge in [-0.3, -0.25) is 4.90 Å². The Labute approximate surface area is 169 Å². The summed E-state index contributed by atoms with van der Waals surface area (Å²) in [5.41, 5.74) is 2.71. The van der Waals surface area contributed by atoms with Crippen LogP contribution in [0.1, 0.15) is 36.8 Å². The van der Waals surface area contributed by atoms with Crippen molar-refractivity contribution in [3.8, 4) is 0 Å². The first-order chi connectivity index (χ1) is 13.5. The highest BCUT2D eigenvalue weighted by molar-refractivity contribution is 7.90. The average molecular weight is 401 g/mol. The number of hydrogen-bond donors (Lipinski definition) is 1. The Kier molecular flexibility index (Phi) is 7.65. The van der Waals surface area contributed by atoms with Crippen LogP contribution in [0.3, 0.4) is 0 Å². The van der Waals surface area contributed by atoms with Gasteiger partial charge in [0.05, 0.1) is 5.75 Å². The molecule has 28 heavy (non-hydrogen) atoms. The number of nitrogens with zero attached hydrogens (tertiary/aromatic N) is 1. The highest BCUT2D eigenvalue weighted by atomic mass is 32.2. The molecule has 1 N–H and O–H groups in total. The molecule has 0 aliphatic heterocycles. The van der Waals surface area contributed by atoms with Crippen LogP contribution in [0.4, 0.5) is 0 Å². The lowest BCUT2D eigenvalue weighted by Crippen LogP contribution is -2.42. The molecule has 3 rings (SSSR count). The zero-order valence-corrected chi connectivity index (χ0v) is 17.6. The second-order valence-electron chi connectivity index (χ2n) is 7.97. The molecule has 0 spiro atoms. The van der Waals surface area contributed by atoms with Crippen LogP contribution >= 0.6 is 0 Å². The molecule has 0 amide bonds. The maximum absolute atomic E-state index is 11.3. The summed E-state index contributed by atoms with van der Waals surface area (Å²) in [6.07, 6.45) is 5.81. The van der Waals surface area contributed by atoms with Crippen molar-refractivity contribution >= 4 is 9.84 Å². The zero-order chi connectivity index (χ0) is 19.8. The van der Waals surface area contributed by atoms with E-state index in [2.05, 4.69) is 70.9 Å². The Hall–Kier alpha value is -1.69. The molecule has 4 nitrogen and oxygen atoms in total. The van der Waals surface area contributed by atoms with E-state index in [0.717, 1.165) is 38.8 Å². The molecule has 1 fully saturated rings. The molecule has 0 saturated heterocycles. The van der Waals surface area contributed by atoms with Gasteiger partial charge in [0.1, 0.15) is 9.84 Å². The van der Waals surface area contributed by atoms with Gasteiger partial charge < -0.3 is 5.32 Å². The predicted octanol–water partition coefficient (Wildman–Crippen LogP) is 3.63. The first-order valence-corrected chi connectivity index (χ1v) is 12.3. The third kappa shape index (κ3) is 7.04. The Morgan fingerprint density at radius 3 is 1.82 bits per heavy atom. The zero-order valence-electron chi connectivity index (χ0n) is 16.8. The number of nitrogens with one attached hydrogen (secondary N) is 1. The van der Waals surface area contributed by atoms with Gasteiger partial charge in [-0.05, 0) is 36.8 Å². The summed E-state index contributed by atoms with van der Waals surface area (Å²) in [6.45, 7) is 2.49. The first kappa shape index (κ1) is 21.0. The minimum atomic E-state index is -2.89. The fraction of sp³-hybridized carbons (Fsp3) is 0.478. The molecular weight excluding hydrogens is 368 g/mol. The van der Waals surface area contributed by atoms with Crippen molar-refractivity contribution in [2.24, 2.45) is 0 Å². The van der Waals surface area contributed by atoms with E-state index in [9.17, 15) is 8.42 Å². The molecule has 1 aliphatic rings. The van der Waals surface area contributed by atoms with Crippen LogP contribution < -0.4 is 5.32 Å². The van der Waals surface area contributed by atoms with Crippen LogP contribution in [0.25, 0.3) is 0 Å². The topological polar surface area (TPSA) is 49.4 Å². The van der Waals surface area contributed by atoms with Crippen molar-refractivity contribution < 1.29 is 8.42 Å². The lowest BCUT2D eigenvalue weighted by Gasteiger charge is -2.37. The van der Waals surface area contributed by atoms with E-state index >= 15 is 0 Å². The monoisotopic (exact) mass is 400 g/mol. The van der Waals surface area contributed by atoms with Crippen molar-refractivity contribution in [1.82, 2.24) is 10.2 Å². The molecule has 0 atom stereocenters. The Morgan fingerprint density at radius 2 is 1.36 bits per heavy atom. The van der Waals surface area contributed by atoms with Crippen molar-refractivity contribution in [3.05, 3.63) is 71.8 Å². The summed E-state index contributed by atoms with van der Waals surface area (Å²) in [5.74, 6) is 0.223. The van der Waals surface area contributed by atoms with E-state index < -0.39 is 9.84 Å². The van der Waals surface area contributed by atoms with Gasteiger partial charge in [0.2, 0.25) is 0 Å². The second kappa shape index (κ2) is 10.2. The molecule has 0 bridgehead atoms. The van der Waals surface area contributed by atoms with Gasteiger partial charge in [-0.25, -0.2) is 8.42 Å². The van der Waals surface area contributed by atoms with Crippen LogP contribution in [0.15, 0.2) is 60.7 Å². The van der Waals surface area contributed by atoms with E-state index in [0.29, 0.717) is 18.6 Å². The molecule has 1 aliphatic carbocycles. The molecule has 5 heteroatoms. The fourth-order valence-electron chi connectivity index (χ4n) is 4.04. The smallest absolute Gasteiger partial charge is 0.148 e. The van der Waals surface area contributed by atoms with Crippen LogP contribution in [-0.4, -0.2) is 44.0 Å². The molecule has 2 aromatic rings. The average Bonchev–Trinajstić information content (AvgIpc) is 2.69. The highest BCUT2D eigenvalue weighted by Crippen LogP contribution is 2.26. The third-order valence-electron chi connectivity index (χ3n) is 5.58. The van der Waals surface area contributed by atoms with Crippen molar-refractivity contribution in [2.45, 2.75) is 50.9 Å². The second-order valence-corrected chi connectivity index (χ2v) is 10.2. The number of benzene rings is 2. The summed E-state index contributed by atoms with van der Waals surface area (Å²) in [4.78, 5) is 2.61. The summed E-state index contributed by atoms with van der Waals surface area (Å²) in [5, 5.41) is 3.44. The molecule has 0 unspecified atom stereocenters. The molecule has 0 aromatic heterocycles. The number of hydrogen-bond acceptors (Lipinski definition) is 4. The molecule has 152 valence electrons. The van der Waals surface area contributed by atoms with E-state index in [1.807, 2.05) is 0 Å². The Morgan fingerprint density at radius 1 is 0.857 bits per heavy atom. The minimum absolute atomic E-state index is 0.223. The SMILES string of the molecule is CS(=O)(=O)CCNC1CCC(N(Cc2ccccc2)Cc2ccccc2)CC1. The molecular formula is C23H32N2O2S. The van der Waals surface area contributed by atoms with Crippen molar-refractivity contribution in [1.29, 1.82) is 0 Å². The van der Waals surface area contributed by atoms with Crippen LogP contribution in [-0.2, 0) is 22.9 Å². The predicted molar refractivity (Wildman–Crippen MR) is 116 cm³/mol. The van der Waals surface area contributed by atoms with Crippen LogP contribution in [0.2, 0.25) is 0 Å². The van der Waals surface area contributed by atoms with E-state index in [-0.39, 0.29) is 5.75 Å². The van der Waals surface area contributed by atoms with E-state index in [1.54, 1.807) is 0 Å². The van der Waals surface area contributed by atoms with Gasteiger partial charge in [0, 0.05) is 38.0 Å². The maximum atomic E-state index is 11.3. The minimum Gasteiger partial charge on any atom is -0.313 e. The van der Waals surface area contributed by atoms with Gasteiger partial charge in [-0.15, -0.1) is 0 Å². The standard InChI is InChI=1S/C23H32N2O2S/c1-28(26,27)17-16-24-22-12-14-23(15-13-22)25(18-20-8-4-2-5-9-20)19-21-10-6-3-7-11-21/h2-11,22-24H,12-19H2,1H3. The largest absolute Gasteiger partial charge is 0.313 e.